The average molecular weight is 398 g/mol. The molecule has 2 aromatic carbocycles. The van der Waals surface area contributed by atoms with E-state index >= 15 is 0 Å². The number of aryl methyl sites for hydroxylation is 2. The second kappa shape index (κ2) is 8.10. The molecule has 0 spiro atoms. The molecule has 0 aliphatic carbocycles. The van der Waals surface area contributed by atoms with Gasteiger partial charge in [-0.3, -0.25) is 4.79 Å². The van der Waals surface area contributed by atoms with Crippen LogP contribution in [0.5, 0.6) is 11.5 Å². The molecule has 0 aliphatic rings. The van der Waals surface area contributed by atoms with Crippen LogP contribution in [0, 0.1) is 13.8 Å². The highest BCUT2D eigenvalue weighted by atomic mass is 32.1. The summed E-state index contributed by atoms with van der Waals surface area (Å²) in [7, 11) is 0. The van der Waals surface area contributed by atoms with Crippen molar-refractivity contribution in [3.8, 4) is 22.8 Å². The third-order valence-electron chi connectivity index (χ3n) is 3.97. The van der Waals surface area contributed by atoms with Crippen molar-refractivity contribution in [2.45, 2.75) is 13.8 Å². The van der Waals surface area contributed by atoms with Gasteiger partial charge in [0.05, 0.1) is 10.7 Å². The van der Waals surface area contributed by atoms with Crippen molar-refractivity contribution in [2.24, 2.45) is 0 Å². The Bertz CT molecular complexity index is 1040. The maximum absolute atomic E-state index is 12.1. The van der Waals surface area contributed by atoms with E-state index in [1.807, 2.05) is 18.4 Å². The first-order valence-electron chi connectivity index (χ1n) is 8.36. The first-order valence-corrected chi connectivity index (χ1v) is 9.24. The van der Waals surface area contributed by atoms with E-state index in [0.717, 1.165) is 16.3 Å². The van der Waals surface area contributed by atoms with Crippen LogP contribution in [0.1, 0.15) is 20.9 Å². The fourth-order valence-corrected chi connectivity index (χ4v) is 3.13. The normalized spacial score (nSPS) is 10.5. The van der Waals surface area contributed by atoms with Crippen LogP contribution in [0.3, 0.4) is 0 Å². The van der Waals surface area contributed by atoms with E-state index < -0.39 is 30.0 Å². The molecular weight excluding hydrogens is 380 g/mol. The van der Waals surface area contributed by atoms with Gasteiger partial charge in [0, 0.05) is 16.6 Å². The number of carbonyl (C=O) groups is 2. The summed E-state index contributed by atoms with van der Waals surface area (Å²) >= 11 is 1.54. The van der Waals surface area contributed by atoms with Crippen LogP contribution in [-0.4, -0.2) is 33.7 Å². The summed E-state index contributed by atoms with van der Waals surface area (Å²) in [6, 6.07) is 9.96. The summed E-state index contributed by atoms with van der Waals surface area (Å²) in [6.45, 7) is 2.96. The van der Waals surface area contributed by atoms with E-state index in [0.29, 0.717) is 11.3 Å². The highest BCUT2D eigenvalue weighted by molar-refractivity contribution is 7.09. The molecule has 144 valence electrons. The molecule has 0 atom stereocenters. The van der Waals surface area contributed by atoms with Gasteiger partial charge in [-0.2, -0.15) is 0 Å². The summed E-state index contributed by atoms with van der Waals surface area (Å²) in [5, 5.41) is 25.0. The number of aromatic hydroxyl groups is 2. The third-order valence-corrected chi connectivity index (χ3v) is 4.74. The van der Waals surface area contributed by atoms with Gasteiger partial charge in [-0.25, -0.2) is 9.78 Å². The zero-order chi connectivity index (χ0) is 20.3. The second-order valence-electron chi connectivity index (χ2n) is 6.08. The van der Waals surface area contributed by atoms with Gasteiger partial charge in [0.25, 0.3) is 5.91 Å². The van der Waals surface area contributed by atoms with E-state index in [1.165, 1.54) is 23.5 Å². The van der Waals surface area contributed by atoms with Gasteiger partial charge in [-0.15, -0.1) is 11.3 Å². The smallest absolute Gasteiger partial charge is 0.342 e. The summed E-state index contributed by atoms with van der Waals surface area (Å²) in [5.41, 5.74) is 2.43. The van der Waals surface area contributed by atoms with Crippen LogP contribution in [0.15, 0.2) is 41.8 Å². The van der Waals surface area contributed by atoms with Gasteiger partial charge >= 0.3 is 5.97 Å². The number of aromatic nitrogens is 1. The van der Waals surface area contributed by atoms with Crippen molar-refractivity contribution < 1.29 is 24.5 Å². The number of hydrogen-bond donors (Lipinski definition) is 3. The highest BCUT2D eigenvalue weighted by Gasteiger charge is 2.18. The molecule has 3 N–H and O–H groups in total. The number of phenols is 2. The van der Waals surface area contributed by atoms with E-state index in [9.17, 15) is 19.8 Å². The summed E-state index contributed by atoms with van der Waals surface area (Å²) < 4.78 is 4.92. The average Bonchev–Trinajstić information content (AvgIpc) is 3.11. The molecule has 3 rings (SSSR count). The minimum atomic E-state index is -0.908. The molecule has 0 aliphatic heterocycles. The van der Waals surface area contributed by atoms with Crippen molar-refractivity contribution in [1.82, 2.24) is 4.98 Å². The number of anilines is 1. The van der Waals surface area contributed by atoms with E-state index in [1.54, 1.807) is 25.1 Å². The van der Waals surface area contributed by atoms with E-state index in [-0.39, 0.29) is 5.56 Å². The Balaban J connectivity index is 1.62. The van der Waals surface area contributed by atoms with Crippen molar-refractivity contribution >= 4 is 28.9 Å². The van der Waals surface area contributed by atoms with E-state index in [4.69, 9.17) is 4.74 Å². The fraction of sp³-hybridized carbons (Fsp3) is 0.150. The van der Waals surface area contributed by atoms with Crippen LogP contribution in [0.4, 0.5) is 5.69 Å². The van der Waals surface area contributed by atoms with Crippen molar-refractivity contribution in [1.29, 1.82) is 0 Å². The molecule has 7 nitrogen and oxygen atoms in total. The van der Waals surface area contributed by atoms with Crippen LogP contribution >= 0.6 is 11.3 Å². The Morgan fingerprint density at radius 3 is 2.64 bits per heavy atom. The van der Waals surface area contributed by atoms with Crippen molar-refractivity contribution in [3.63, 3.8) is 0 Å². The largest absolute Gasteiger partial charge is 0.504 e. The number of rotatable bonds is 5. The monoisotopic (exact) mass is 398 g/mol. The molecule has 8 heteroatoms. The molecule has 28 heavy (non-hydrogen) atoms. The predicted molar refractivity (Wildman–Crippen MR) is 106 cm³/mol. The number of hydrogen-bond acceptors (Lipinski definition) is 7. The minimum Gasteiger partial charge on any atom is -0.504 e. The number of carbonyl (C=O) groups excluding carboxylic acids is 2. The summed E-state index contributed by atoms with van der Waals surface area (Å²) in [5.74, 6) is -2.41. The second-order valence-corrected chi connectivity index (χ2v) is 7.15. The number of thiazole rings is 1. The molecule has 1 heterocycles. The van der Waals surface area contributed by atoms with Crippen LogP contribution in [0.2, 0.25) is 0 Å². The fourth-order valence-electron chi connectivity index (χ4n) is 2.50. The molecule has 0 radical (unpaired) electrons. The maximum atomic E-state index is 12.1. The number of phenolic OH excluding ortho intramolecular Hbond substituents is 2. The predicted octanol–water partition coefficient (Wildman–Crippen LogP) is 3.63. The Labute approximate surface area is 165 Å². The lowest BCUT2D eigenvalue weighted by Gasteiger charge is -2.09. The van der Waals surface area contributed by atoms with Gasteiger partial charge in [0.1, 0.15) is 5.56 Å². The van der Waals surface area contributed by atoms with Gasteiger partial charge in [-0.1, -0.05) is 18.2 Å². The Hall–Kier alpha value is -3.39. The first kappa shape index (κ1) is 19.4. The van der Waals surface area contributed by atoms with E-state index in [2.05, 4.69) is 10.3 Å². The van der Waals surface area contributed by atoms with Crippen molar-refractivity contribution in [3.05, 3.63) is 57.9 Å². The number of amides is 1. The molecule has 0 fully saturated rings. The number of esters is 1. The lowest BCUT2D eigenvalue weighted by Crippen LogP contribution is -2.21. The number of benzene rings is 2. The van der Waals surface area contributed by atoms with Crippen LogP contribution in [-0.2, 0) is 9.53 Å². The zero-order valence-corrected chi connectivity index (χ0v) is 16.0. The third kappa shape index (κ3) is 4.29. The Morgan fingerprint density at radius 2 is 1.93 bits per heavy atom. The van der Waals surface area contributed by atoms with Gasteiger partial charge in [-0.05, 0) is 37.6 Å². The molecule has 0 saturated heterocycles. The van der Waals surface area contributed by atoms with Crippen LogP contribution < -0.4 is 5.32 Å². The Kier molecular flexibility index (Phi) is 5.60. The lowest BCUT2D eigenvalue weighted by molar-refractivity contribution is -0.119. The number of ether oxygens (including phenoxy) is 1. The van der Waals surface area contributed by atoms with Gasteiger partial charge < -0.3 is 20.3 Å². The molecule has 0 unspecified atom stereocenters. The molecule has 1 aromatic heterocycles. The SMILES string of the molecule is Cc1nc(-c2cccc(NC(=O)COC(=O)c3ccc(C)c(O)c3O)c2)cs1. The van der Waals surface area contributed by atoms with Gasteiger partial charge in [0.2, 0.25) is 0 Å². The highest BCUT2D eigenvalue weighted by Crippen LogP contribution is 2.32. The molecule has 1 amide bonds. The molecular formula is C20H18N2O5S. The van der Waals surface area contributed by atoms with Gasteiger partial charge in [0.15, 0.2) is 18.1 Å². The zero-order valence-electron chi connectivity index (χ0n) is 15.2. The molecule has 0 bridgehead atoms. The Morgan fingerprint density at radius 1 is 1.14 bits per heavy atom. The quantitative estimate of drug-likeness (QED) is 0.447. The standard InChI is InChI=1S/C20H18N2O5S/c1-11-6-7-15(19(25)18(11)24)20(26)27-9-17(23)22-14-5-3-4-13(8-14)16-10-28-12(2)21-16/h3-8,10,24-25H,9H2,1-2H3,(H,22,23). The molecule has 3 aromatic rings. The van der Waals surface area contributed by atoms with Crippen molar-refractivity contribution in [2.75, 3.05) is 11.9 Å². The lowest BCUT2D eigenvalue weighted by atomic mass is 10.1. The molecule has 0 saturated carbocycles. The summed E-state index contributed by atoms with van der Waals surface area (Å²) in [6.07, 6.45) is 0. The minimum absolute atomic E-state index is 0.211. The first-order chi connectivity index (χ1) is 13.3. The maximum Gasteiger partial charge on any atom is 0.342 e. The summed E-state index contributed by atoms with van der Waals surface area (Å²) in [4.78, 5) is 28.5. The topological polar surface area (TPSA) is 109 Å². The number of nitrogens with zero attached hydrogens (tertiary/aromatic N) is 1. The van der Waals surface area contributed by atoms with Crippen LogP contribution in [0.25, 0.3) is 11.3 Å². The number of nitrogens with one attached hydrogen (secondary N) is 1.